The SMILES string of the molecule is CCc1c(CCl)nnn1CC(C)C. The highest BCUT2D eigenvalue weighted by atomic mass is 35.5. The minimum Gasteiger partial charge on any atom is -0.249 e. The number of hydrogen-bond acceptors (Lipinski definition) is 2. The van der Waals surface area contributed by atoms with E-state index in [4.69, 9.17) is 11.6 Å². The van der Waals surface area contributed by atoms with Crippen LogP contribution >= 0.6 is 11.6 Å². The van der Waals surface area contributed by atoms with Gasteiger partial charge < -0.3 is 0 Å². The van der Waals surface area contributed by atoms with E-state index in [9.17, 15) is 0 Å². The fourth-order valence-corrected chi connectivity index (χ4v) is 1.56. The molecule has 0 saturated heterocycles. The lowest BCUT2D eigenvalue weighted by Crippen LogP contribution is -2.09. The summed E-state index contributed by atoms with van der Waals surface area (Å²) in [6, 6.07) is 0. The second-order valence-corrected chi connectivity index (χ2v) is 3.81. The van der Waals surface area contributed by atoms with Crippen LogP contribution in [0, 0.1) is 5.92 Å². The molecule has 0 spiro atoms. The maximum atomic E-state index is 5.74. The first-order valence-corrected chi connectivity index (χ1v) is 5.19. The normalized spacial score (nSPS) is 11.2. The molecule has 0 aliphatic heterocycles. The van der Waals surface area contributed by atoms with Gasteiger partial charge in [-0.05, 0) is 12.3 Å². The standard InChI is InChI=1S/C9H16ClN3/c1-4-9-8(5-10)11-12-13(9)6-7(2)3/h7H,4-6H2,1-3H3. The summed E-state index contributed by atoms with van der Waals surface area (Å²) < 4.78 is 1.96. The lowest BCUT2D eigenvalue weighted by atomic mass is 10.2. The second-order valence-electron chi connectivity index (χ2n) is 3.55. The summed E-state index contributed by atoms with van der Waals surface area (Å²) in [6.07, 6.45) is 0.946. The Morgan fingerprint density at radius 2 is 2.15 bits per heavy atom. The van der Waals surface area contributed by atoms with Gasteiger partial charge in [-0.25, -0.2) is 4.68 Å². The van der Waals surface area contributed by atoms with Gasteiger partial charge in [0.2, 0.25) is 0 Å². The van der Waals surface area contributed by atoms with Gasteiger partial charge in [-0.15, -0.1) is 16.7 Å². The van der Waals surface area contributed by atoms with Crippen molar-refractivity contribution in [3.05, 3.63) is 11.4 Å². The summed E-state index contributed by atoms with van der Waals surface area (Å²) in [6.45, 7) is 7.36. The Labute approximate surface area is 84.1 Å². The van der Waals surface area contributed by atoms with Crippen LogP contribution in [0.2, 0.25) is 0 Å². The Hall–Kier alpha value is -0.570. The van der Waals surface area contributed by atoms with Crippen molar-refractivity contribution in [2.45, 2.75) is 39.6 Å². The molecule has 0 amide bonds. The van der Waals surface area contributed by atoms with Gasteiger partial charge in [-0.1, -0.05) is 26.0 Å². The number of halogens is 1. The Morgan fingerprint density at radius 3 is 2.62 bits per heavy atom. The molecular formula is C9H16ClN3. The molecule has 0 aliphatic rings. The van der Waals surface area contributed by atoms with Crippen molar-refractivity contribution >= 4 is 11.6 Å². The molecule has 0 radical (unpaired) electrons. The molecule has 13 heavy (non-hydrogen) atoms. The molecule has 1 aromatic heterocycles. The summed E-state index contributed by atoms with van der Waals surface area (Å²) in [5, 5.41) is 8.12. The van der Waals surface area contributed by atoms with Crippen molar-refractivity contribution in [2.75, 3.05) is 0 Å². The smallest absolute Gasteiger partial charge is 0.101 e. The second kappa shape index (κ2) is 4.61. The molecule has 0 N–H and O–H groups in total. The molecular weight excluding hydrogens is 186 g/mol. The third-order valence-electron chi connectivity index (χ3n) is 1.92. The topological polar surface area (TPSA) is 30.7 Å². The van der Waals surface area contributed by atoms with Crippen molar-refractivity contribution in [1.29, 1.82) is 0 Å². The van der Waals surface area contributed by atoms with Gasteiger partial charge in [0.15, 0.2) is 0 Å². The number of nitrogens with zero attached hydrogens (tertiary/aromatic N) is 3. The van der Waals surface area contributed by atoms with Crippen LogP contribution in [0.3, 0.4) is 0 Å². The first-order chi connectivity index (χ1) is 6.19. The van der Waals surface area contributed by atoms with Crippen molar-refractivity contribution in [3.8, 4) is 0 Å². The van der Waals surface area contributed by atoms with E-state index in [1.54, 1.807) is 0 Å². The first kappa shape index (κ1) is 10.5. The highest BCUT2D eigenvalue weighted by Gasteiger charge is 2.10. The molecule has 74 valence electrons. The number of alkyl halides is 1. The summed E-state index contributed by atoms with van der Waals surface area (Å²) in [4.78, 5) is 0. The van der Waals surface area contributed by atoms with Crippen LogP contribution in [-0.2, 0) is 18.8 Å². The van der Waals surface area contributed by atoms with Crippen LogP contribution in [0.4, 0.5) is 0 Å². The van der Waals surface area contributed by atoms with Crippen molar-refractivity contribution in [3.63, 3.8) is 0 Å². The molecule has 0 bridgehead atoms. The van der Waals surface area contributed by atoms with E-state index in [-0.39, 0.29) is 0 Å². The minimum atomic E-state index is 0.460. The Bertz CT molecular complexity index is 268. The van der Waals surface area contributed by atoms with Crippen LogP contribution < -0.4 is 0 Å². The molecule has 0 unspecified atom stereocenters. The van der Waals surface area contributed by atoms with E-state index in [1.165, 1.54) is 5.69 Å². The van der Waals surface area contributed by atoms with Gasteiger partial charge in [0.25, 0.3) is 0 Å². The molecule has 0 aromatic carbocycles. The Balaban J connectivity index is 2.87. The zero-order valence-corrected chi connectivity index (χ0v) is 9.17. The third kappa shape index (κ3) is 2.44. The summed E-state index contributed by atoms with van der Waals surface area (Å²) in [7, 11) is 0. The van der Waals surface area contributed by atoms with Crippen LogP contribution in [0.15, 0.2) is 0 Å². The highest BCUT2D eigenvalue weighted by molar-refractivity contribution is 6.16. The Morgan fingerprint density at radius 1 is 1.46 bits per heavy atom. The molecule has 0 aliphatic carbocycles. The van der Waals surface area contributed by atoms with Crippen molar-refractivity contribution in [2.24, 2.45) is 5.92 Å². The molecule has 0 atom stereocenters. The fourth-order valence-electron chi connectivity index (χ4n) is 1.35. The van der Waals surface area contributed by atoms with E-state index < -0.39 is 0 Å². The molecule has 1 rings (SSSR count). The zero-order valence-electron chi connectivity index (χ0n) is 8.42. The lowest BCUT2D eigenvalue weighted by Gasteiger charge is -2.07. The van der Waals surface area contributed by atoms with E-state index >= 15 is 0 Å². The number of hydrogen-bond donors (Lipinski definition) is 0. The molecule has 0 saturated carbocycles. The van der Waals surface area contributed by atoms with Crippen LogP contribution in [0.5, 0.6) is 0 Å². The lowest BCUT2D eigenvalue weighted by molar-refractivity contribution is 0.460. The first-order valence-electron chi connectivity index (χ1n) is 4.66. The van der Waals surface area contributed by atoms with Gasteiger partial charge >= 0.3 is 0 Å². The quantitative estimate of drug-likeness (QED) is 0.700. The molecule has 0 fully saturated rings. The molecule has 1 aromatic rings. The molecule has 1 heterocycles. The van der Waals surface area contributed by atoms with Gasteiger partial charge in [0.05, 0.1) is 11.6 Å². The number of rotatable bonds is 4. The van der Waals surface area contributed by atoms with Crippen LogP contribution in [-0.4, -0.2) is 15.0 Å². The Kier molecular flexibility index (Phi) is 3.72. The average Bonchev–Trinajstić information content (AvgIpc) is 2.45. The van der Waals surface area contributed by atoms with E-state index in [2.05, 4.69) is 31.1 Å². The fraction of sp³-hybridized carbons (Fsp3) is 0.778. The molecule has 4 heteroatoms. The van der Waals surface area contributed by atoms with Gasteiger partial charge in [0.1, 0.15) is 5.69 Å². The van der Waals surface area contributed by atoms with Crippen LogP contribution in [0.25, 0.3) is 0 Å². The van der Waals surface area contributed by atoms with E-state index in [0.29, 0.717) is 11.8 Å². The summed E-state index contributed by atoms with van der Waals surface area (Å²) in [5.74, 6) is 1.05. The van der Waals surface area contributed by atoms with Crippen molar-refractivity contribution in [1.82, 2.24) is 15.0 Å². The average molecular weight is 202 g/mol. The predicted molar refractivity (Wildman–Crippen MR) is 53.8 cm³/mol. The third-order valence-corrected chi connectivity index (χ3v) is 2.17. The summed E-state index contributed by atoms with van der Waals surface area (Å²) >= 11 is 5.74. The minimum absolute atomic E-state index is 0.460. The maximum Gasteiger partial charge on any atom is 0.101 e. The molecule has 3 nitrogen and oxygen atoms in total. The van der Waals surface area contributed by atoms with Crippen LogP contribution in [0.1, 0.15) is 32.2 Å². The van der Waals surface area contributed by atoms with Gasteiger partial charge in [0, 0.05) is 6.54 Å². The van der Waals surface area contributed by atoms with Crippen molar-refractivity contribution < 1.29 is 0 Å². The summed E-state index contributed by atoms with van der Waals surface area (Å²) in [5.41, 5.74) is 2.09. The van der Waals surface area contributed by atoms with Gasteiger partial charge in [-0.3, -0.25) is 0 Å². The van der Waals surface area contributed by atoms with E-state index in [1.807, 2.05) is 4.68 Å². The zero-order chi connectivity index (χ0) is 9.84. The van der Waals surface area contributed by atoms with E-state index in [0.717, 1.165) is 18.7 Å². The largest absolute Gasteiger partial charge is 0.249 e. The predicted octanol–water partition coefficient (Wildman–Crippen LogP) is 2.24. The van der Waals surface area contributed by atoms with Gasteiger partial charge in [-0.2, -0.15) is 0 Å². The monoisotopic (exact) mass is 201 g/mol. The number of aromatic nitrogens is 3. The highest BCUT2D eigenvalue weighted by Crippen LogP contribution is 2.10. The maximum absolute atomic E-state index is 5.74.